The number of hydrogen-bond acceptors (Lipinski definition) is 29. The first-order valence-electron chi connectivity index (χ1n) is 44.2. The second-order valence-corrected chi connectivity index (χ2v) is 34.6. The van der Waals surface area contributed by atoms with Gasteiger partial charge in [0.2, 0.25) is 17.7 Å². The molecule has 684 valence electrons. The number of nitrogens with one attached hydrogen (secondary N) is 6. The Morgan fingerprint density at radius 1 is 0.585 bits per heavy atom. The standard InChI is InChI=1S/C86H156N8O23S/c1-60-56-67(83(117-85-80(99)79(94(11)12)82(64(5)114-85)116-77-58-86(8,101)84(100)65(6)113-77)81(102-13)61(2)57-75(98)111-62(3)26-17-14-18-28-70(60)115-76-34-33-69(93(9)10)63(4)112-76)27-25-35-87-38-40-103-42-44-105-46-48-107-50-52-109-54-55-110-53-51-108-49-47-106-45-43-104-41-39-90-74(97)31-20-16-24-36-88-72(95)30-19-15-23-37-89-73(96)32-22-21-29-71-78-68(59-118-71)91-66(7)92-78/h14,17-18,28,60-65,67-71,76-85,87,91-92,99-101H,7,15-16,19-27,29-59H2,1-6,8-13H3,(H,88,95)(H,89,96)(H,90,97)/b17-14+,28-18+/t60-,61-,62?,63?,64?,65?,67+,68?,69?,70?,71?,76?,77?,78?,79?,80?,81?,82?,83+,84?,85?,86?/m1/s1. The number of unbranched alkanes of at least 4 members (excludes halogenated alkanes) is 5. The SMILES string of the molecule is C=C1NC2CSC(CCCCC(=O)NCCCCCC(=O)NCCCCCC(=O)NCCOCCOCCOCCOCCOCCOCCOCCOCCNCCC[C@H]3C[C@@H](C)C(OC4CCC(N(C)C)C(C)O4)/C=C/C=C/CC(C)OC(=O)C[C@@H](C)C(OC)[C@H]3OC3OC(C)C(OC4CC(C)(O)C(O)C(C)O4)C(N(C)C)C3O)C2N1. The number of amides is 3. The Hall–Kier alpha value is -3.79. The van der Waals surface area contributed by atoms with E-state index >= 15 is 0 Å². The van der Waals surface area contributed by atoms with E-state index in [1.165, 1.54) is 0 Å². The Labute approximate surface area is 709 Å². The lowest BCUT2D eigenvalue weighted by Crippen LogP contribution is -2.65. The monoisotopic (exact) mass is 1700 g/mol. The van der Waals surface area contributed by atoms with Gasteiger partial charge in [0.25, 0.3) is 0 Å². The minimum Gasteiger partial charge on any atom is -0.462 e. The van der Waals surface area contributed by atoms with Gasteiger partial charge in [-0.25, -0.2) is 0 Å². The van der Waals surface area contributed by atoms with Crippen molar-refractivity contribution in [3.05, 3.63) is 36.7 Å². The molecule has 3 amide bonds. The van der Waals surface area contributed by atoms with Gasteiger partial charge in [0, 0.05) is 82.4 Å². The Morgan fingerprint density at radius 2 is 1.14 bits per heavy atom. The Kier molecular flexibility index (Phi) is 51.7. The van der Waals surface area contributed by atoms with Gasteiger partial charge in [0.05, 0.1) is 178 Å². The van der Waals surface area contributed by atoms with Crippen LogP contribution in [0.2, 0.25) is 0 Å². The van der Waals surface area contributed by atoms with Gasteiger partial charge in [-0.3, -0.25) is 19.2 Å². The van der Waals surface area contributed by atoms with Gasteiger partial charge in [-0.2, -0.15) is 11.8 Å². The molecule has 31 nitrogen and oxygen atoms in total. The van der Waals surface area contributed by atoms with Crippen LogP contribution in [0.25, 0.3) is 0 Å². The predicted octanol–water partition coefficient (Wildman–Crippen LogP) is 6.06. The van der Waals surface area contributed by atoms with Crippen molar-refractivity contribution in [1.82, 2.24) is 41.7 Å². The smallest absolute Gasteiger partial charge is 0.306 e. The molecule has 5 fully saturated rings. The van der Waals surface area contributed by atoms with Crippen molar-refractivity contribution in [2.24, 2.45) is 17.8 Å². The summed E-state index contributed by atoms with van der Waals surface area (Å²) in [6.07, 6.45) is 12.8. The number of cyclic esters (lactones) is 1. The maximum absolute atomic E-state index is 13.7. The number of fused-ring (bicyclic) bond motifs is 1. The molecule has 9 N–H and O–H groups in total. The number of esters is 1. The summed E-state index contributed by atoms with van der Waals surface area (Å²) in [6.45, 7) is 27.1. The van der Waals surface area contributed by atoms with E-state index in [9.17, 15) is 34.5 Å². The maximum Gasteiger partial charge on any atom is 0.306 e. The summed E-state index contributed by atoms with van der Waals surface area (Å²) in [5, 5.41) is 54.3. The second kappa shape index (κ2) is 59.2. The van der Waals surface area contributed by atoms with Crippen molar-refractivity contribution in [2.45, 2.75) is 292 Å². The number of nitrogens with zero attached hydrogens (tertiary/aromatic N) is 2. The Bertz CT molecular complexity index is 2790. The number of rotatable bonds is 57. The van der Waals surface area contributed by atoms with Gasteiger partial charge in [-0.05, 0) is 158 Å². The number of aliphatic hydroxyl groups is 3. The van der Waals surface area contributed by atoms with Crippen molar-refractivity contribution >= 4 is 35.5 Å². The molecular weight excluding hydrogens is 1550 g/mol. The number of allylic oxidation sites excluding steroid dienone is 2. The molecule has 0 radical (unpaired) electrons. The van der Waals surface area contributed by atoms with Crippen LogP contribution in [-0.4, -0.2) is 343 Å². The fourth-order valence-corrected chi connectivity index (χ4v) is 17.8. The number of aliphatic hydroxyl groups excluding tert-OH is 2. The molecule has 0 aliphatic carbocycles. The van der Waals surface area contributed by atoms with E-state index < -0.39 is 73.2 Å². The van der Waals surface area contributed by atoms with E-state index in [0.717, 1.165) is 88.6 Å². The molecule has 32 heteroatoms. The van der Waals surface area contributed by atoms with E-state index in [0.29, 0.717) is 194 Å². The predicted molar refractivity (Wildman–Crippen MR) is 452 cm³/mol. The van der Waals surface area contributed by atoms with Gasteiger partial charge >= 0.3 is 5.97 Å². The quantitative estimate of drug-likeness (QED) is 0.0247. The van der Waals surface area contributed by atoms with Crippen LogP contribution < -0.4 is 31.9 Å². The summed E-state index contributed by atoms with van der Waals surface area (Å²) in [5.74, 6) is 1.14. The molecule has 0 aromatic carbocycles. The van der Waals surface area contributed by atoms with Crippen molar-refractivity contribution in [2.75, 3.05) is 179 Å². The first-order chi connectivity index (χ1) is 56.8. The summed E-state index contributed by atoms with van der Waals surface area (Å²) in [4.78, 5) is 54.6. The number of thioether (sulfide) groups is 1. The fraction of sp³-hybridized carbons (Fsp3) is 0.884. The lowest BCUT2D eigenvalue weighted by Gasteiger charge is -2.50. The zero-order valence-corrected chi connectivity index (χ0v) is 74.5. The van der Waals surface area contributed by atoms with E-state index in [1.54, 1.807) is 21.0 Å². The third-order valence-corrected chi connectivity index (χ3v) is 24.3. The minimum atomic E-state index is -1.47. The van der Waals surface area contributed by atoms with Gasteiger partial charge in [-0.15, -0.1) is 0 Å². The lowest BCUT2D eigenvalue weighted by atomic mass is 9.80. The first-order valence-corrected chi connectivity index (χ1v) is 45.3. The van der Waals surface area contributed by atoms with E-state index in [-0.39, 0.29) is 78.6 Å². The topological polar surface area (TPSA) is 355 Å². The second-order valence-electron chi connectivity index (χ2n) is 33.3. The zero-order valence-electron chi connectivity index (χ0n) is 73.6. The van der Waals surface area contributed by atoms with Crippen molar-refractivity contribution in [3.63, 3.8) is 0 Å². The molecule has 118 heavy (non-hydrogen) atoms. The maximum atomic E-state index is 13.7. The fourth-order valence-electron chi connectivity index (χ4n) is 16.2. The molecule has 18 unspecified atom stereocenters. The van der Waals surface area contributed by atoms with E-state index in [2.05, 4.69) is 77.4 Å². The van der Waals surface area contributed by atoms with Crippen molar-refractivity contribution in [3.8, 4) is 0 Å². The third-order valence-electron chi connectivity index (χ3n) is 22.8. The Balaban J connectivity index is 0.766. The summed E-state index contributed by atoms with van der Waals surface area (Å²) in [7, 11) is 9.51. The highest BCUT2D eigenvalue weighted by Gasteiger charge is 2.52. The summed E-state index contributed by atoms with van der Waals surface area (Å²) < 4.78 is 97.9. The molecule has 6 heterocycles. The van der Waals surface area contributed by atoms with Crippen LogP contribution in [0.4, 0.5) is 0 Å². The van der Waals surface area contributed by atoms with Crippen molar-refractivity contribution < 1.29 is 110 Å². The van der Waals surface area contributed by atoms with Crippen molar-refractivity contribution in [1.29, 1.82) is 0 Å². The summed E-state index contributed by atoms with van der Waals surface area (Å²) in [6, 6.07) is 0.539. The highest BCUT2D eigenvalue weighted by atomic mass is 32.2. The number of carbonyl (C=O) groups is 4. The molecule has 6 aliphatic heterocycles. The third kappa shape index (κ3) is 40.0. The average Bonchev–Trinajstić information content (AvgIpc) is 1.06. The highest BCUT2D eigenvalue weighted by Crippen LogP contribution is 2.40. The van der Waals surface area contributed by atoms with E-state index in [1.807, 2.05) is 69.8 Å². The summed E-state index contributed by atoms with van der Waals surface area (Å²) in [5.41, 5.74) is -1.47. The highest BCUT2D eigenvalue weighted by molar-refractivity contribution is 8.00. The van der Waals surface area contributed by atoms with Crippen LogP contribution in [0.15, 0.2) is 36.7 Å². The number of likely N-dealkylation sites (N-methyl/N-ethyl adjacent to an activating group) is 2. The van der Waals surface area contributed by atoms with Crippen LogP contribution in [0.1, 0.15) is 177 Å². The molecule has 0 aromatic rings. The van der Waals surface area contributed by atoms with Crippen LogP contribution in [-0.2, 0) is 95.0 Å². The van der Waals surface area contributed by atoms with Gasteiger partial charge in [0.1, 0.15) is 24.4 Å². The number of hydrogen-bond donors (Lipinski definition) is 9. The largest absolute Gasteiger partial charge is 0.462 e. The van der Waals surface area contributed by atoms with Gasteiger partial charge < -0.3 is 133 Å². The molecule has 22 atom stereocenters. The molecule has 0 aromatic heterocycles. The molecule has 6 aliphatic rings. The average molecular weight is 1700 g/mol. The Morgan fingerprint density at radius 3 is 1.69 bits per heavy atom. The van der Waals surface area contributed by atoms with Gasteiger partial charge in [-0.1, -0.05) is 64.0 Å². The number of ether oxygens (including phenoxy) is 16. The normalized spacial score (nSPS) is 31.7. The molecule has 0 saturated carbocycles. The van der Waals surface area contributed by atoms with Gasteiger partial charge in [0.15, 0.2) is 18.9 Å². The van der Waals surface area contributed by atoms with Crippen LogP contribution in [0, 0.1) is 17.8 Å². The molecule has 0 spiro atoms. The lowest BCUT2D eigenvalue weighted by molar-refractivity contribution is -0.343. The number of methoxy groups -OCH3 is 1. The first kappa shape index (κ1) is 103. The number of carbonyl (C=O) groups excluding carboxylic acids is 4. The molecular formula is C86H156N8O23S. The minimum absolute atomic E-state index is 0.00835. The van der Waals surface area contributed by atoms with Crippen LogP contribution in [0.5, 0.6) is 0 Å². The molecule has 6 rings (SSSR count). The van der Waals surface area contributed by atoms with Crippen LogP contribution >= 0.6 is 11.8 Å². The summed E-state index contributed by atoms with van der Waals surface area (Å²) >= 11 is 2.01. The van der Waals surface area contributed by atoms with E-state index in [4.69, 9.17) is 75.8 Å². The molecule has 5 saturated heterocycles. The van der Waals surface area contributed by atoms with Crippen LogP contribution in [0.3, 0.4) is 0 Å². The molecule has 0 bridgehead atoms. The zero-order chi connectivity index (χ0) is 85.5.